The normalized spacial score (nSPS) is 16.8. The Morgan fingerprint density at radius 2 is 1.95 bits per heavy atom. The first-order valence-electron chi connectivity index (χ1n) is 7.48. The molecule has 1 saturated carbocycles. The maximum atomic E-state index is 6.00. The lowest BCUT2D eigenvalue weighted by molar-refractivity contribution is 0.516. The third kappa shape index (κ3) is 4.62. The van der Waals surface area contributed by atoms with Gasteiger partial charge in [0, 0.05) is 5.25 Å². The molecule has 2 rings (SSSR count). The van der Waals surface area contributed by atoms with Crippen LogP contribution < -0.4 is 5.73 Å². The number of hydrogen-bond acceptors (Lipinski definition) is 4. The lowest BCUT2D eigenvalue weighted by Gasteiger charge is -2.20. The molecule has 20 heavy (non-hydrogen) atoms. The lowest BCUT2D eigenvalue weighted by Crippen LogP contribution is -2.11. The Bertz CT molecular complexity index is 445. The average Bonchev–Trinajstić information content (AvgIpc) is 2.42. The van der Waals surface area contributed by atoms with E-state index < -0.39 is 0 Å². The quantitative estimate of drug-likeness (QED) is 0.837. The summed E-state index contributed by atoms with van der Waals surface area (Å²) in [4.78, 5) is 9.12. The van der Waals surface area contributed by atoms with Gasteiger partial charge in [0.15, 0.2) is 0 Å². The third-order valence-corrected chi connectivity index (χ3v) is 5.83. The zero-order chi connectivity index (χ0) is 14.5. The van der Waals surface area contributed by atoms with Gasteiger partial charge in [0.1, 0.15) is 11.6 Å². The van der Waals surface area contributed by atoms with E-state index in [4.69, 9.17) is 10.7 Å². The van der Waals surface area contributed by atoms with Crippen LogP contribution in [0.5, 0.6) is 0 Å². The van der Waals surface area contributed by atoms with Crippen LogP contribution in [0.15, 0.2) is 4.47 Å². The molecule has 1 aromatic rings. The number of aromatic nitrogens is 2. The molecule has 2 N–H and O–H groups in total. The summed E-state index contributed by atoms with van der Waals surface area (Å²) in [5, 5.41) is 0.783. The molecule has 0 aliphatic heterocycles. The van der Waals surface area contributed by atoms with Crippen LogP contribution in [-0.4, -0.2) is 15.2 Å². The number of rotatable bonds is 5. The monoisotopic (exact) mass is 357 g/mol. The summed E-state index contributed by atoms with van der Waals surface area (Å²) in [6, 6.07) is 0. The molecule has 0 radical (unpaired) electrons. The van der Waals surface area contributed by atoms with E-state index in [2.05, 4.69) is 34.8 Å². The van der Waals surface area contributed by atoms with Crippen molar-refractivity contribution >= 4 is 33.5 Å². The first-order chi connectivity index (χ1) is 9.56. The second-order valence-electron chi connectivity index (χ2n) is 5.95. The number of halogens is 1. The Kier molecular flexibility index (Phi) is 6.15. The Morgan fingerprint density at radius 1 is 1.25 bits per heavy atom. The van der Waals surface area contributed by atoms with Gasteiger partial charge >= 0.3 is 0 Å². The Labute approximate surface area is 134 Å². The number of hydrogen-bond donors (Lipinski definition) is 1. The van der Waals surface area contributed by atoms with Crippen LogP contribution in [0.2, 0.25) is 0 Å². The van der Waals surface area contributed by atoms with Gasteiger partial charge < -0.3 is 5.73 Å². The summed E-state index contributed by atoms with van der Waals surface area (Å²) >= 11 is 5.51. The topological polar surface area (TPSA) is 51.8 Å². The molecule has 1 fully saturated rings. The lowest BCUT2D eigenvalue weighted by atomic mass is 10.0. The number of thioether (sulfide) groups is 1. The van der Waals surface area contributed by atoms with Gasteiger partial charge in [0.05, 0.1) is 15.9 Å². The molecule has 0 amide bonds. The SMILES string of the molecule is CC(C)Cc1nc(CSC2CCCCC2)nc(N)c1Br. The maximum absolute atomic E-state index is 6.00. The molecule has 0 spiro atoms. The fraction of sp³-hybridized carbons (Fsp3) is 0.733. The maximum Gasteiger partial charge on any atom is 0.141 e. The average molecular weight is 358 g/mol. The number of nitrogens with zero attached hydrogens (tertiary/aromatic N) is 2. The van der Waals surface area contributed by atoms with E-state index in [1.807, 2.05) is 11.8 Å². The fourth-order valence-corrected chi connectivity index (χ4v) is 4.10. The van der Waals surface area contributed by atoms with Crippen molar-refractivity contribution < 1.29 is 0 Å². The summed E-state index contributed by atoms with van der Waals surface area (Å²) in [5.74, 6) is 2.92. The van der Waals surface area contributed by atoms with Crippen molar-refractivity contribution in [3.63, 3.8) is 0 Å². The molecule has 1 aromatic heterocycles. The molecule has 1 heterocycles. The van der Waals surface area contributed by atoms with E-state index in [-0.39, 0.29) is 0 Å². The van der Waals surface area contributed by atoms with Gasteiger partial charge in [-0.3, -0.25) is 0 Å². The molecule has 0 aromatic carbocycles. The van der Waals surface area contributed by atoms with Crippen molar-refractivity contribution in [1.82, 2.24) is 9.97 Å². The van der Waals surface area contributed by atoms with Gasteiger partial charge in [-0.25, -0.2) is 9.97 Å². The summed E-state index contributed by atoms with van der Waals surface area (Å²) in [6.07, 6.45) is 7.77. The third-order valence-electron chi connectivity index (χ3n) is 3.59. The predicted octanol–water partition coefficient (Wildman–Crippen LogP) is 4.59. The van der Waals surface area contributed by atoms with Crippen molar-refractivity contribution in [2.24, 2.45) is 5.92 Å². The van der Waals surface area contributed by atoms with Crippen LogP contribution in [0.3, 0.4) is 0 Å². The molecule has 0 saturated heterocycles. The van der Waals surface area contributed by atoms with Crippen molar-refractivity contribution in [2.45, 2.75) is 63.4 Å². The van der Waals surface area contributed by atoms with E-state index in [1.54, 1.807) is 0 Å². The van der Waals surface area contributed by atoms with Gasteiger partial charge in [-0.1, -0.05) is 33.1 Å². The summed E-state index contributed by atoms with van der Waals surface area (Å²) in [7, 11) is 0. The smallest absolute Gasteiger partial charge is 0.141 e. The second kappa shape index (κ2) is 7.64. The van der Waals surface area contributed by atoms with E-state index in [1.165, 1.54) is 32.1 Å². The van der Waals surface area contributed by atoms with Gasteiger partial charge in [-0.15, -0.1) is 0 Å². The van der Waals surface area contributed by atoms with Crippen molar-refractivity contribution in [3.05, 3.63) is 16.0 Å². The predicted molar refractivity (Wildman–Crippen MR) is 90.9 cm³/mol. The Hall–Kier alpha value is -0.290. The molecule has 0 unspecified atom stereocenters. The van der Waals surface area contributed by atoms with E-state index in [0.717, 1.165) is 33.4 Å². The molecule has 3 nitrogen and oxygen atoms in total. The van der Waals surface area contributed by atoms with Gasteiger partial charge in [0.25, 0.3) is 0 Å². The zero-order valence-corrected chi connectivity index (χ0v) is 14.8. The molecule has 1 aliphatic carbocycles. The van der Waals surface area contributed by atoms with Gasteiger partial charge in [0.2, 0.25) is 0 Å². The summed E-state index contributed by atoms with van der Waals surface area (Å²) < 4.78 is 0.873. The van der Waals surface area contributed by atoms with E-state index >= 15 is 0 Å². The Morgan fingerprint density at radius 3 is 2.60 bits per heavy atom. The summed E-state index contributed by atoms with van der Waals surface area (Å²) in [5.41, 5.74) is 7.05. The van der Waals surface area contributed by atoms with Crippen LogP contribution in [0.1, 0.15) is 57.5 Å². The minimum absolute atomic E-state index is 0.569. The van der Waals surface area contributed by atoms with Gasteiger partial charge in [-0.05, 0) is 41.1 Å². The van der Waals surface area contributed by atoms with Crippen molar-refractivity contribution in [3.8, 4) is 0 Å². The number of nitrogen functional groups attached to an aromatic ring is 1. The molecule has 0 bridgehead atoms. The molecule has 1 aliphatic rings. The van der Waals surface area contributed by atoms with E-state index in [9.17, 15) is 0 Å². The number of anilines is 1. The first-order valence-corrected chi connectivity index (χ1v) is 9.32. The molecule has 0 atom stereocenters. The van der Waals surface area contributed by atoms with Gasteiger partial charge in [-0.2, -0.15) is 11.8 Å². The Balaban J connectivity index is 2.01. The highest BCUT2D eigenvalue weighted by Gasteiger charge is 2.16. The highest BCUT2D eigenvalue weighted by molar-refractivity contribution is 9.10. The van der Waals surface area contributed by atoms with Crippen molar-refractivity contribution in [2.75, 3.05) is 5.73 Å². The molecule has 112 valence electrons. The highest BCUT2D eigenvalue weighted by atomic mass is 79.9. The largest absolute Gasteiger partial charge is 0.383 e. The number of nitrogens with two attached hydrogens (primary N) is 1. The van der Waals surface area contributed by atoms with Crippen LogP contribution in [0.4, 0.5) is 5.82 Å². The van der Waals surface area contributed by atoms with Crippen molar-refractivity contribution in [1.29, 1.82) is 0 Å². The molecular weight excluding hydrogens is 334 g/mol. The van der Waals surface area contributed by atoms with E-state index in [0.29, 0.717) is 11.7 Å². The minimum atomic E-state index is 0.569. The first kappa shape index (κ1) is 16.1. The fourth-order valence-electron chi connectivity index (χ4n) is 2.58. The highest BCUT2D eigenvalue weighted by Crippen LogP contribution is 2.31. The standard InChI is InChI=1S/C15H24BrN3S/c1-10(2)8-12-14(16)15(17)19-13(18-12)9-20-11-6-4-3-5-7-11/h10-11H,3-9H2,1-2H3,(H2,17,18,19). The minimum Gasteiger partial charge on any atom is -0.383 e. The molecule has 5 heteroatoms. The van der Waals surface area contributed by atoms with Crippen LogP contribution in [0.25, 0.3) is 0 Å². The van der Waals surface area contributed by atoms with Crippen LogP contribution in [-0.2, 0) is 12.2 Å². The summed E-state index contributed by atoms with van der Waals surface area (Å²) in [6.45, 7) is 4.39. The second-order valence-corrected chi connectivity index (χ2v) is 8.04. The molecular formula is C15H24BrN3S. The van der Waals surface area contributed by atoms with Crippen LogP contribution in [0, 0.1) is 5.92 Å². The van der Waals surface area contributed by atoms with Crippen LogP contribution >= 0.6 is 27.7 Å². The zero-order valence-electron chi connectivity index (χ0n) is 12.4.